The van der Waals surface area contributed by atoms with E-state index in [2.05, 4.69) is 88.3 Å². The van der Waals surface area contributed by atoms with Crippen molar-refractivity contribution in [3.63, 3.8) is 0 Å². The van der Waals surface area contributed by atoms with Gasteiger partial charge in [-0.2, -0.15) is 5.10 Å². The highest BCUT2D eigenvalue weighted by Crippen LogP contribution is 2.33. The fourth-order valence-electron chi connectivity index (χ4n) is 2.35. The zero-order valence-corrected chi connectivity index (χ0v) is 16.3. The normalized spacial score (nSPS) is 11.8. The first kappa shape index (κ1) is 16.6. The number of halogens is 2. The summed E-state index contributed by atoms with van der Waals surface area (Å²) in [6, 6.07) is 4.22. The van der Waals surface area contributed by atoms with Crippen LogP contribution in [0.25, 0.3) is 0 Å². The Morgan fingerprint density at radius 3 is 2.29 bits per heavy atom. The van der Waals surface area contributed by atoms with Crippen LogP contribution in [-0.4, -0.2) is 9.78 Å². The third-order valence-corrected chi connectivity index (χ3v) is 4.51. The lowest BCUT2D eigenvalue weighted by Crippen LogP contribution is -2.16. The van der Waals surface area contributed by atoms with Crippen molar-refractivity contribution in [1.29, 1.82) is 0 Å². The van der Waals surface area contributed by atoms with Crippen LogP contribution in [0.2, 0.25) is 0 Å². The molecule has 1 N–H and O–H groups in total. The first-order valence-corrected chi connectivity index (χ1v) is 8.49. The molecule has 1 heterocycles. The van der Waals surface area contributed by atoms with E-state index in [9.17, 15) is 0 Å². The van der Waals surface area contributed by atoms with Crippen molar-refractivity contribution in [3.05, 3.63) is 44.1 Å². The second-order valence-electron chi connectivity index (χ2n) is 6.38. The molecule has 1 aromatic carbocycles. The summed E-state index contributed by atoms with van der Waals surface area (Å²) >= 11 is 7.24. The van der Waals surface area contributed by atoms with Crippen LogP contribution in [0.1, 0.15) is 37.6 Å². The predicted octanol–water partition coefficient (Wildman–Crippen LogP) is 5.16. The molecule has 0 radical (unpaired) electrons. The molecule has 3 nitrogen and oxygen atoms in total. The highest BCUT2D eigenvalue weighted by atomic mass is 79.9. The van der Waals surface area contributed by atoms with Crippen molar-refractivity contribution in [1.82, 2.24) is 9.78 Å². The van der Waals surface area contributed by atoms with Gasteiger partial charge >= 0.3 is 0 Å². The maximum atomic E-state index is 4.61. The molecule has 0 unspecified atom stereocenters. The number of aryl methyl sites for hydroxylation is 2. The van der Waals surface area contributed by atoms with Gasteiger partial charge in [-0.1, -0.05) is 20.8 Å². The lowest BCUT2D eigenvalue weighted by molar-refractivity contribution is 0.549. The summed E-state index contributed by atoms with van der Waals surface area (Å²) in [5, 5.41) is 8.11. The fraction of sp³-hybridized carbons (Fsp3) is 0.438. The van der Waals surface area contributed by atoms with E-state index in [-0.39, 0.29) is 5.41 Å². The van der Waals surface area contributed by atoms with E-state index in [1.807, 2.05) is 11.7 Å². The molecule has 0 aliphatic heterocycles. The van der Waals surface area contributed by atoms with Crippen LogP contribution >= 0.6 is 31.9 Å². The van der Waals surface area contributed by atoms with Crippen molar-refractivity contribution >= 4 is 37.5 Å². The molecule has 0 saturated carbocycles. The standard InChI is InChI=1S/C16H21Br2N3/c1-10-6-12(17)14(13(18)7-10)19-8-11-9-21(5)20-15(11)16(2,3)4/h6-7,9,19H,8H2,1-5H3. The number of nitrogens with zero attached hydrogens (tertiary/aromatic N) is 2. The third-order valence-electron chi connectivity index (χ3n) is 3.26. The second kappa shape index (κ2) is 6.13. The summed E-state index contributed by atoms with van der Waals surface area (Å²) < 4.78 is 4.02. The topological polar surface area (TPSA) is 29.9 Å². The van der Waals surface area contributed by atoms with Gasteiger partial charge in [0.15, 0.2) is 0 Å². The van der Waals surface area contributed by atoms with Gasteiger partial charge in [0.25, 0.3) is 0 Å². The van der Waals surface area contributed by atoms with Crippen LogP contribution in [0.5, 0.6) is 0 Å². The van der Waals surface area contributed by atoms with Gasteiger partial charge in [0.05, 0.1) is 11.4 Å². The van der Waals surface area contributed by atoms with Crippen molar-refractivity contribution in [3.8, 4) is 0 Å². The van der Waals surface area contributed by atoms with E-state index in [1.165, 1.54) is 11.1 Å². The van der Waals surface area contributed by atoms with Gasteiger partial charge in [0, 0.05) is 39.7 Å². The van der Waals surface area contributed by atoms with Gasteiger partial charge in [-0.05, 0) is 56.5 Å². The van der Waals surface area contributed by atoms with Gasteiger partial charge in [0.2, 0.25) is 0 Å². The molecule has 2 rings (SSSR count). The fourth-order valence-corrected chi connectivity index (χ4v) is 4.05. The quantitative estimate of drug-likeness (QED) is 0.751. The number of hydrogen-bond acceptors (Lipinski definition) is 2. The molecule has 0 amide bonds. The average Bonchev–Trinajstić information content (AvgIpc) is 2.69. The molecule has 1 aromatic heterocycles. The van der Waals surface area contributed by atoms with Crippen LogP contribution in [0.4, 0.5) is 5.69 Å². The molecular weight excluding hydrogens is 394 g/mol. The predicted molar refractivity (Wildman–Crippen MR) is 95.8 cm³/mol. The smallest absolute Gasteiger partial charge is 0.0727 e. The number of hydrogen-bond donors (Lipinski definition) is 1. The van der Waals surface area contributed by atoms with Gasteiger partial charge in [-0.15, -0.1) is 0 Å². The van der Waals surface area contributed by atoms with Crippen LogP contribution in [0.3, 0.4) is 0 Å². The zero-order chi connectivity index (χ0) is 15.8. The number of benzene rings is 1. The minimum absolute atomic E-state index is 0.0417. The SMILES string of the molecule is Cc1cc(Br)c(NCc2cn(C)nc2C(C)(C)C)c(Br)c1. The summed E-state index contributed by atoms with van der Waals surface area (Å²) in [7, 11) is 1.97. The van der Waals surface area contributed by atoms with Crippen LogP contribution in [0, 0.1) is 6.92 Å². The second-order valence-corrected chi connectivity index (χ2v) is 8.09. The lowest BCUT2D eigenvalue weighted by atomic mass is 9.89. The Morgan fingerprint density at radius 1 is 1.19 bits per heavy atom. The van der Waals surface area contributed by atoms with Crippen LogP contribution < -0.4 is 5.32 Å². The largest absolute Gasteiger partial charge is 0.379 e. The van der Waals surface area contributed by atoms with Crippen molar-refractivity contribution in [2.24, 2.45) is 7.05 Å². The molecule has 0 atom stereocenters. The van der Waals surface area contributed by atoms with E-state index in [0.717, 1.165) is 26.9 Å². The third kappa shape index (κ3) is 3.89. The summed E-state index contributed by atoms with van der Waals surface area (Å²) in [5.41, 5.74) is 4.70. The minimum atomic E-state index is 0.0417. The zero-order valence-electron chi connectivity index (χ0n) is 13.1. The van der Waals surface area contributed by atoms with E-state index in [0.29, 0.717) is 0 Å². The van der Waals surface area contributed by atoms with E-state index >= 15 is 0 Å². The molecule has 0 aliphatic rings. The number of rotatable bonds is 3. The van der Waals surface area contributed by atoms with Gasteiger partial charge < -0.3 is 5.32 Å². The summed E-state index contributed by atoms with van der Waals surface area (Å²) in [6.07, 6.45) is 2.09. The van der Waals surface area contributed by atoms with Gasteiger partial charge in [-0.3, -0.25) is 4.68 Å². The maximum absolute atomic E-state index is 4.61. The van der Waals surface area contributed by atoms with Crippen molar-refractivity contribution in [2.45, 2.75) is 39.7 Å². The first-order chi connectivity index (χ1) is 9.68. The van der Waals surface area contributed by atoms with Gasteiger partial charge in [-0.25, -0.2) is 0 Å². The molecule has 5 heteroatoms. The Labute approximate surface area is 143 Å². The molecule has 0 bridgehead atoms. The monoisotopic (exact) mass is 413 g/mol. The molecule has 2 aromatic rings. The highest BCUT2D eigenvalue weighted by Gasteiger charge is 2.21. The molecule has 114 valence electrons. The Bertz CT molecular complexity index is 631. The Hall–Kier alpha value is -0.810. The Kier molecular flexibility index (Phi) is 4.83. The Morgan fingerprint density at radius 2 is 1.76 bits per heavy atom. The van der Waals surface area contributed by atoms with Crippen molar-refractivity contribution < 1.29 is 0 Å². The summed E-state index contributed by atoms with van der Waals surface area (Å²) in [5.74, 6) is 0. The lowest BCUT2D eigenvalue weighted by Gasteiger charge is -2.18. The Balaban J connectivity index is 2.25. The molecule has 0 fully saturated rings. The van der Waals surface area contributed by atoms with Crippen molar-refractivity contribution in [2.75, 3.05) is 5.32 Å². The average molecular weight is 415 g/mol. The highest BCUT2D eigenvalue weighted by molar-refractivity contribution is 9.11. The first-order valence-electron chi connectivity index (χ1n) is 6.91. The maximum Gasteiger partial charge on any atom is 0.0727 e. The van der Waals surface area contributed by atoms with Crippen LogP contribution in [0.15, 0.2) is 27.3 Å². The number of nitrogens with one attached hydrogen (secondary N) is 1. The number of anilines is 1. The van der Waals surface area contributed by atoms with Crippen LogP contribution in [-0.2, 0) is 19.0 Å². The minimum Gasteiger partial charge on any atom is -0.379 e. The number of aromatic nitrogens is 2. The summed E-state index contributed by atoms with van der Waals surface area (Å²) in [4.78, 5) is 0. The van der Waals surface area contributed by atoms with Gasteiger partial charge in [0.1, 0.15) is 0 Å². The molecular formula is C16H21Br2N3. The van der Waals surface area contributed by atoms with E-state index in [1.54, 1.807) is 0 Å². The van der Waals surface area contributed by atoms with E-state index in [4.69, 9.17) is 0 Å². The molecule has 21 heavy (non-hydrogen) atoms. The molecule has 0 aliphatic carbocycles. The van der Waals surface area contributed by atoms with E-state index < -0.39 is 0 Å². The molecule has 0 saturated heterocycles. The molecule has 0 spiro atoms. The summed E-state index contributed by atoms with van der Waals surface area (Å²) in [6.45, 7) is 9.41.